The van der Waals surface area contributed by atoms with Gasteiger partial charge in [-0.05, 0) is 38.5 Å². The van der Waals surface area contributed by atoms with E-state index in [0.717, 1.165) is 12.8 Å². The molecule has 208 valence electrons. The van der Waals surface area contributed by atoms with Crippen LogP contribution in [0.5, 0.6) is 0 Å². The van der Waals surface area contributed by atoms with Crippen LogP contribution in [-0.4, -0.2) is 95.3 Å². The summed E-state index contributed by atoms with van der Waals surface area (Å²) in [4.78, 5) is 49.3. The molecule has 0 aromatic rings. The van der Waals surface area contributed by atoms with Gasteiger partial charge in [-0.1, -0.05) is 27.2 Å². The normalized spacial score (nSPS) is 25.6. The number of carbonyl (C=O) groups excluding carboxylic acids is 4. The fraction of sp³-hybridized carbons (Fsp3) is 0.833. The van der Waals surface area contributed by atoms with Crippen molar-refractivity contribution in [3.05, 3.63) is 0 Å². The minimum atomic E-state index is -1.62. The smallest absolute Gasteiger partial charge is 0.252 e. The lowest BCUT2D eigenvalue weighted by Gasteiger charge is -2.38. The summed E-state index contributed by atoms with van der Waals surface area (Å²) < 4.78 is 10.1. The first-order chi connectivity index (χ1) is 16.9. The van der Waals surface area contributed by atoms with Gasteiger partial charge in [0.2, 0.25) is 11.8 Å². The Hall–Kier alpha value is -2.12. The van der Waals surface area contributed by atoms with Crippen molar-refractivity contribution in [2.45, 2.75) is 109 Å². The van der Waals surface area contributed by atoms with E-state index in [9.17, 15) is 34.5 Å². The largest absolute Gasteiger partial charge is 0.387 e. The molecule has 12 nitrogen and oxygen atoms in total. The van der Waals surface area contributed by atoms with Crippen molar-refractivity contribution in [2.75, 3.05) is 13.7 Å². The molecule has 1 saturated heterocycles. The number of nitrogens with one attached hydrogen (secondary N) is 3. The van der Waals surface area contributed by atoms with Gasteiger partial charge in [-0.3, -0.25) is 19.2 Å². The molecule has 0 unspecified atom stereocenters. The highest BCUT2D eigenvalue weighted by atomic mass is 16.7. The van der Waals surface area contributed by atoms with E-state index < -0.39 is 54.6 Å². The van der Waals surface area contributed by atoms with E-state index in [0.29, 0.717) is 25.7 Å². The molecule has 0 aromatic carbocycles. The Morgan fingerprint density at radius 2 is 1.64 bits per heavy atom. The molecule has 6 N–H and O–H groups in total. The third kappa shape index (κ3) is 9.74. The summed E-state index contributed by atoms with van der Waals surface area (Å²) in [6.07, 6.45) is -4.17. The van der Waals surface area contributed by atoms with Gasteiger partial charge >= 0.3 is 0 Å². The number of hydrogen-bond acceptors (Lipinski definition) is 9. The molecule has 0 saturated carbocycles. The molecule has 1 aliphatic heterocycles. The van der Waals surface area contributed by atoms with Crippen LogP contribution in [0.2, 0.25) is 0 Å². The summed E-state index contributed by atoms with van der Waals surface area (Å²) >= 11 is 0. The second-order valence-corrected chi connectivity index (χ2v) is 9.48. The summed E-state index contributed by atoms with van der Waals surface area (Å²) in [5.41, 5.74) is 0. The van der Waals surface area contributed by atoms with E-state index in [-0.39, 0.29) is 24.2 Å². The second kappa shape index (κ2) is 15.9. The summed E-state index contributed by atoms with van der Waals surface area (Å²) in [5, 5.41) is 37.8. The zero-order valence-corrected chi connectivity index (χ0v) is 21.9. The molecule has 1 heterocycles. The molecule has 36 heavy (non-hydrogen) atoms. The van der Waals surface area contributed by atoms with Crippen LogP contribution in [0.1, 0.15) is 66.2 Å². The predicted octanol–water partition coefficient (Wildman–Crippen LogP) is -0.868. The lowest BCUT2D eigenvalue weighted by atomic mass is 9.98. The Labute approximate surface area is 212 Å². The average Bonchev–Trinajstić information content (AvgIpc) is 2.83. The number of amides is 3. The van der Waals surface area contributed by atoms with Crippen molar-refractivity contribution in [1.82, 2.24) is 16.0 Å². The fourth-order valence-corrected chi connectivity index (χ4v) is 3.80. The number of Topliss-reactive ketones (excluding diaryl/α,β-unsaturated/α-hetero) is 1. The zero-order valence-electron chi connectivity index (χ0n) is 21.9. The summed E-state index contributed by atoms with van der Waals surface area (Å²) in [6, 6.07) is -1.48. The topological polar surface area (TPSA) is 184 Å². The van der Waals surface area contributed by atoms with E-state index in [1.165, 1.54) is 14.0 Å². The van der Waals surface area contributed by atoms with E-state index >= 15 is 0 Å². The van der Waals surface area contributed by atoms with Crippen LogP contribution in [0.25, 0.3) is 0 Å². The van der Waals surface area contributed by atoms with Crippen LogP contribution in [0.3, 0.4) is 0 Å². The number of methoxy groups -OCH3 is 1. The highest BCUT2D eigenvalue weighted by Crippen LogP contribution is 2.21. The van der Waals surface area contributed by atoms with Gasteiger partial charge < -0.3 is 40.7 Å². The lowest BCUT2D eigenvalue weighted by Crippen LogP contribution is -2.61. The van der Waals surface area contributed by atoms with Crippen LogP contribution in [-0.2, 0) is 28.7 Å². The van der Waals surface area contributed by atoms with E-state index in [2.05, 4.69) is 16.0 Å². The molecule has 0 aromatic heterocycles. The van der Waals surface area contributed by atoms with Gasteiger partial charge in [-0.15, -0.1) is 0 Å². The van der Waals surface area contributed by atoms with Gasteiger partial charge in [0.1, 0.15) is 24.4 Å². The Morgan fingerprint density at radius 3 is 2.19 bits per heavy atom. The first-order valence-electron chi connectivity index (χ1n) is 12.5. The number of hydrogen-bond donors (Lipinski definition) is 6. The van der Waals surface area contributed by atoms with E-state index in [1.807, 2.05) is 20.8 Å². The third-order valence-corrected chi connectivity index (χ3v) is 6.11. The molecule has 1 rings (SSSR count). The number of carbonyl (C=O) groups is 4. The summed E-state index contributed by atoms with van der Waals surface area (Å²) in [7, 11) is 1.24. The van der Waals surface area contributed by atoms with Crippen LogP contribution in [0, 0.1) is 5.92 Å². The molecule has 0 bridgehead atoms. The highest BCUT2D eigenvalue weighted by molar-refractivity contribution is 5.92. The quantitative estimate of drug-likeness (QED) is 0.150. The molecule has 0 radical (unpaired) electrons. The lowest BCUT2D eigenvalue weighted by molar-refractivity contribution is -0.283. The highest BCUT2D eigenvalue weighted by Gasteiger charge is 2.46. The Kier molecular flexibility index (Phi) is 14.1. The van der Waals surface area contributed by atoms with Crippen LogP contribution in [0.4, 0.5) is 0 Å². The van der Waals surface area contributed by atoms with Crippen molar-refractivity contribution in [3.8, 4) is 0 Å². The first kappa shape index (κ1) is 31.9. The van der Waals surface area contributed by atoms with Crippen LogP contribution in [0.15, 0.2) is 0 Å². The van der Waals surface area contributed by atoms with Gasteiger partial charge in [-0.25, -0.2) is 0 Å². The van der Waals surface area contributed by atoms with Gasteiger partial charge in [-0.2, -0.15) is 0 Å². The zero-order chi connectivity index (χ0) is 27.4. The standard InChI is InChI=1S/C24H43N3O9/c1-6-7-11-16(29)27-17(13(2)3)22(33)26-15(14(4)28)10-8-9-12-25-23(34)21-19(31)18(30)20(32)24(35-5)36-21/h13,15,17-21,24,30-32H,6-12H2,1-5H3,(H,25,34)(H,26,33)(H,27,29)/t15-,17-,18-,19-,20+,21-,24+/m0/s1. The monoisotopic (exact) mass is 517 g/mol. The van der Waals surface area contributed by atoms with Gasteiger partial charge in [0.15, 0.2) is 18.2 Å². The molecule has 7 atom stereocenters. The van der Waals surface area contributed by atoms with Crippen molar-refractivity contribution < 1.29 is 44.0 Å². The Bertz CT molecular complexity index is 732. The van der Waals surface area contributed by atoms with Gasteiger partial charge in [0.05, 0.1) is 6.04 Å². The minimum absolute atomic E-state index is 0.159. The molecule has 12 heteroatoms. The maximum absolute atomic E-state index is 12.8. The average molecular weight is 518 g/mol. The minimum Gasteiger partial charge on any atom is -0.387 e. The van der Waals surface area contributed by atoms with Crippen LogP contribution >= 0.6 is 0 Å². The van der Waals surface area contributed by atoms with Crippen molar-refractivity contribution in [1.29, 1.82) is 0 Å². The second-order valence-electron chi connectivity index (χ2n) is 9.48. The van der Waals surface area contributed by atoms with Crippen LogP contribution < -0.4 is 16.0 Å². The van der Waals surface area contributed by atoms with Gasteiger partial charge in [0.25, 0.3) is 5.91 Å². The maximum atomic E-state index is 12.8. The third-order valence-electron chi connectivity index (χ3n) is 6.11. The molecule has 1 fully saturated rings. The molecule has 0 aliphatic carbocycles. The molecule has 3 amide bonds. The summed E-state index contributed by atoms with van der Waals surface area (Å²) in [6.45, 7) is 7.18. The first-order valence-corrected chi connectivity index (χ1v) is 12.5. The SMILES string of the molecule is CCCCC(=O)N[C@H](C(=O)N[C@@H](CCCCNC(=O)[C@H]1O[C@@H](OC)[C@H](O)[C@@H](O)[C@@H]1O)C(C)=O)C(C)C. The van der Waals surface area contributed by atoms with Crippen molar-refractivity contribution >= 4 is 23.5 Å². The van der Waals surface area contributed by atoms with E-state index in [1.54, 1.807) is 0 Å². The summed E-state index contributed by atoms with van der Waals surface area (Å²) in [5.74, 6) is -1.67. The predicted molar refractivity (Wildman–Crippen MR) is 129 cm³/mol. The van der Waals surface area contributed by atoms with Crippen molar-refractivity contribution in [2.24, 2.45) is 5.92 Å². The number of aliphatic hydroxyl groups is 3. The molecular formula is C24H43N3O9. The fourth-order valence-electron chi connectivity index (χ4n) is 3.80. The number of aliphatic hydroxyl groups excluding tert-OH is 3. The Balaban J connectivity index is 2.52. The number of ketones is 1. The number of rotatable bonds is 15. The molecular weight excluding hydrogens is 474 g/mol. The number of ether oxygens (including phenoxy) is 2. The van der Waals surface area contributed by atoms with E-state index in [4.69, 9.17) is 9.47 Å². The maximum Gasteiger partial charge on any atom is 0.252 e. The molecule has 1 aliphatic rings. The molecule has 0 spiro atoms. The van der Waals surface area contributed by atoms with Gasteiger partial charge in [0, 0.05) is 20.1 Å². The Morgan fingerprint density at radius 1 is 0.972 bits per heavy atom. The number of unbranched alkanes of at least 4 members (excludes halogenated alkanes) is 2. The van der Waals surface area contributed by atoms with Crippen molar-refractivity contribution in [3.63, 3.8) is 0 Å².